The highest BCUT2D eigenvalue weighted by atomic mass is 16.5. The molecule has 0 saturated carbocycles. The number of aromatic nitrogens is 1. The maximum Gasteiger partial charge on any atom is 0.152 e. The van der Waals surface area contributed by atoms with Gasteiger partial charge in [-0.2, -0.15) is 0 Å². The van der Waals surface area contributed by atoms with E-state index in [1.165, 1.54) is 5.56 Å². The van der Waals surface area contributed by atoms with E-state index in [-0.39, 0.29) is 0 Å². The summed E-state index contributed by atoms with van der Waals surface area (Å²) in [6, 6.07) is 2.14. The van der Waals surface area contributed by atoms with E-state index in [0.717, 1.165) is 37.7 Å². The number of nitrogens with zero attached hydrogens (tertiary/aromatic N) is 2. The zero-order chi connectivity index (χ0) is 10.7. The fourth-order valence-corrected chi connectivity index (χ4v) is 1.79. The van der Waals surface area contributed by atoms with E-state index < -0.39 is 0 Å². The largest absolute Gasteiger partial charge is 0.383 e. The number of ether oxygens (including phenoxy) is 1. The van der Waals surface area contributed by atoms with E-state index in [2.05, 4.69) is 28.2 Å². The van der Waals surface area contributed by atoms with Crippen molar-refractivity contribution in [3.63, 3.8) is 0 Å². The third kappa shape index (κ3) is 2.21. The van der Waals surface area contributed by atoms with Crippen LogP contribution in [-0.2, 0) is 4.74 Å². The van der Waals surface area contributed by atoms with Crippen LogP contribution >= 0.6 is 0 Å². The molecule has 0 amide bonds. The highest BCUT2D eigenvalue weighted by molar-refractivity contribution is 5.68. The maximum atomic E-state index is 5.09. The molecule has 0 spiro atoms. The van der Waals surface area contributed by atoms with Gasteiger partial charge in [0.1, 0.15) is 0 Å². The highest BCUT2D eigenvalue weighted by Crippen LogP contribution is 2.26. The highest BCUT2D eigenvalue weighted by Gasteiger charge is 2.16. The molecule has 1 aromatic heterocycles. The Morgan fingerprint density at radius 1 is 1.60 bits per heavy atom. The van der Waals surface area contributed by atoms with Crippen LogP contribution in [0.2, 0.25) is 0 Å². The molecule has 0 fully saturated rings. The first-order valence-electron chi connectivity index (χ1n) is 5.25. The molecule has 1 N–H and O–H groups in total. The predicted octanol–water partition coefficient (Wildman–Crippen LogP) is 1.27. The Labute approximate surface area is 90.3 Å². The van der Waals surface area contributed by atoms with Crippen LogP contribution in [0.3, 0.4) is 0 Å². The molecule has 0 aromatic carbocycles. The monoisotopic (exact) mass is 207 g/mol. The van der Waals surface area contributed by atoms with Gasteiger partial charge < -0.3 is 15.0 Å². The molecule has 0 atom stereocenters. The number of anilines is 2. The number of hydrogen-bond donors (Lipinski definition) is 1. The van der Waals surface area contributed by atoms with E-state index in [1.54, 1.807) is 7.11 Å². The van der Waals surface area contributed by atoms with Crippen LogP contribution in [0, 0.1) is 6.92 Å². The predicted molar refractivity (Wildman–Crippen MR) is 61.6 cm³/mol. The quantitative estimate of drug-likeness (QED) is 0.810. The lowest BCUT2D eigenvalue weighted by Crippen LogP contribution is -2.37. The molecule has 15 heavy (non-hydrogen) atoms. The van der Waals surface area contributed by atoms with Crippen molar-refractivity contribution < 1.29 is 4.74 Å². The molecular formula is C11H17N3O. The normalized spacial score (nSPS) is 14.7. The van der Waals surface area contributed by atoms with Gasteiger partial charge in [0.15, 0.2) is 5.82 Å². The molecule has 0 unspecified atom stereocenters. The average Bonchev–Trinajstić information content (AvgIpc) is 2.25. The number of fused-ring (bicyclic) bond motifs is 1. The van der Waals surface area contributed by atoms with Crippen LogP contribution in [0.5, 0.6) is 0 Å². The number of aryl methyl sites for hydroxylation is 1. The van der Waals surface area contributed by atoms with E-state index in [9.17, 15) is 0 Å². The van der Waals surface area contributed by atoms with Crippen molar-refractivity contribution >= 4 is 11.5 Å². The molecule has 1 aliphatic heterocycles. The number of pyridine rings is 1. The van der Waals surface area contributed by atoms with Gasteiger partial charge in [-0.15, -0.1) is 0 Å². The van der Waals surface area contributed by atoms with Gasteiger partial charge in [-0.05, 0) is 18.6 Å². The van der Waals surface area contributed by atoms with Crippen molar-refractivity contribution in [1.82, 2.24) is 4.98 Å². The lowest BCUT2D eigenvalue weighted by atomic mass is 10.2. The minimum Gasteiger partial charge on any atom is -0.383 e. The molecule has 82 valence electrons. The molecule has 0 saturated heterocycles. The number of methoxy groups -OCH3 is 1. The third-order valence-corrected chi connectivity index (χ3v) is 2.57. The molecule has 4 heteroatoms. The van der Waals surface area contributed by atoms with Crippen LogP contribution in [0.4, 0.5) is 11.5 Å². The Kier molecular flexibility index (Phi) is 3.06. The Morgan fingerprint density at radius 3 is 3.27 bits per heavy atom. The topological polar surface area (TPSA) is 37.4 Å². The van der Waals surface area contributed by atoms with Crippen molar-refractivity contribution in [2.75, 3.05) is 43.6 Å². The summed E-state index contributed by atoms with van der Waals surface area (Å²) in [7, 11) is 1.73. The molecule has 0 radical (unpaired) electrons. The zero-order valence-corrected chi connectivity index (χ0v) is 9.29. The van der Waals surface area contributed by atoms with Gasteiger partial charge >= 0.3 is 0 Å². The second-order valence-electron chi connectivity index (χ2n) is 3.79. The smallest absolute Gasteiger partial charge is 0.152 e. The molecule has 0 aliphatic carbocycles. The maximum absolute atomic E-state index is 5.09. The van der Waals surface area contributed by atoms with Crippen molar-refractivity contribution in [3.8, 4) is 0 Å². The molecule has 0 bridgehead atoms. The third-order valence-electron chi connectivity index (χ3n) is 2.57. The molecule has 2 rings (SSSR count). The number of rotatable bonds is 3. The minimum atomic E-state index is 0.745. The van der Waals surface area contributed by atoms with Crippen LogP contribution in [0.25, 0.3) is 0 Å². The van der Waals surface area contributed by atoms with Gasteiger partial charge in [0.25, 0.3) is 0 Å². The summed E-state index contributed by atoms with van der Waals surface area (Å²) < 4.78 is 5.09. The van der Waals surface area contributed by atoms with E-state index >= 15 is 0 Å². The Bertz CT molecular complexity index is 341. The first-order valence-corrected chi connectivity index (χ1v) is 5.25. The van der Waals surface area contributed by atoms with Gasteiger partial charge in [0.05, 0.1) is 12.3 Å². The van der Waals surface area contributed by atoms with Crippen LogP contribution < -0.4 is 10.2 Å². The summed E-state index contributed by atoms with van der Waals surface area (Å²) in [5, 5.41) is 3.36. The van der Waals surface area contributed by atoms with Crippen LogP contribution in [0.1, 0.15) is 5.56 Å². The minimum absolute atomic E-state index is 0.745. The van der Waals surface area contributed by atoms with Gasteiger partial charge in [0.2, 0.25) is 0 Å². The summed E-state index contributed by atoms with van der Waals surface area (Å²) in [4.78, 5) is 6.72. The lowest BCUT2D eigenvalue weighted by Gasteiger charge is -2.30. The fraction of sp³-hybridized carbons (Fsp3) is 0.545. The molecule has 2 heterocycles. The number of nitrogens with one attached hydrogen (secondary N) is 1. The first-order chi connectivity index (χ1) is 7.31. The van der Waals surface area contributed by atoms with Gasteiger partial charge in [-0.1, -0.05) is 0 Å². The van der Waals surface area contributed by atoms with Crippen molar-refractivity contribution in [2.45, 2.75) is 6.92 Å². The number of hydrogen-bond acceptors (Lipinski definition) is 4. The first kappa shape index (κ1) is 10.2. The summed E-state index contributed by atoms with van der Waals surface area (Å²) in [6.45, 7) is 5.67. The van der Waals surface area contributed by atoms with E-state index in [1.807, 2.05) is 6.20 Å². The van der Waals surface area contributed by atoms with E-state index in [0.29, 0.717) is 0 Å². The summed E-state index contributed by atoms with van der Waals surface area (Å²) in [6.07, 6.45) is 1.91. The Morgan fingerprint density at radius 2 is 2.47 bits per heavy atom. The van der Waals surface area contributed by atoms with Crippen molar-refractivity contribution in [2.24, 2.45) is 0 Å². The second kappa shape index (κ2) is 4.49. The van der Waals surface area contributed by atoms with Gasteiger partial charge in [0, 0.05) is 32.9 Å². The molecule has 1 aromatic rings. The summed E-state index contributed by atoms with van der Waals surface area (Å²) in [5.41, 5.74) is 2.33. The average molecular weight is 207 g/mol. The van der Waals surface area contributed by atoms with Crippen molar-refractivity contribution in [3.05, 3.63) is 17.8 Å². The lowest BCUT2D eigenvalue weighted by molar-refractivity contribution is 0.205. The standard InChI is InChI=1S/C11H17N3O/c1-9-7-10-11(13-8-9)14(4-3-12-10)5-6-15-2/h7-8,12H,3-6H2,1-2H3. The van der Waals surface area contributed by atoms with Crippen LogP contribution in [0.15, 0.2) is 12.3 Å². The van der Waals surface area contributed by atoms with Gasteiger partial charge in [-0.25, -0.2) is 4.98 Å². The zero-order valence-electron chi connectivity index (χ0n) is 9.29. The Hall–Kier alpha value is -1.29. The molecule has 4 nitrogen and oxygen atoms in total. The molecular weight excluding hydrogens is 190 g/mol. The van der Waals surface area contributed by atoms with Gasteiger partial charge in [-0.3, -0.25) is 0 Å². The van der Waals surface area contributed by atoms with Crippen molar-refractivity contribution in [1.29, 1.82) is 0 Å². The summed E-state index contributed by atoms with van der Waals surface area (Å²) in [5.74, 6) is 1.05. The second-order valence-corrected chi connectivity index (χ2v) is 3.79. The fourth-order valence-electron chi connectivity index (χ4n) is 1.79. The van der Waals surface area contributed by atoms with Crippen LogP contribution in [-0.4, -0.2) is 38.3 Å². The molecule has 1 aliphatic rings. The Balaban J connectivity index is 2.18. The SMILES string of the molecule is COCCN1CCNc2cc(C)cnc21. The van der Waals surface area contributed by atoms with E-state index in [4.69, 9.17) is 4.74 Å². The summed E-state index contributed by atoms with van der Waals surface area (Å²) >= 11 is 0.